The molecule has 5 aromatic rings. The summed E-state index contributed by atoms with van der Waals surface area (Å²) in [5.74, 6) is 0.265. The molecule has 12 heteroatoms. The fourth-order valence-electron chi connectivity index (χ4n) is 7.12. The van der Waals surface area contributed by atoms with Crippen LogP contribution in [0.5, 0.6) is 0 Å². The van der Waals surface area contributed by atoms with Gasteiger partial charge in [-0.15, -0.1) is 0 Å². The Labute approximate surface area is 302 Å². The van der Waals surface area contributed by atoms with Gasteiger partial charge < -0.3 is 30.7 Å². The highest BCUT2D eigenvalue weighted by molar-refractivity contribution is 6.02. The third kappa shape index (κ3) is 8.22. The third-order valence-corrected chi connectivity index (χ3v) is 9.87. The van der Waals surface area contributed by atoms with Gasteiger partial charge in [-0.2, -0.15) is 0 Å². The summed E-state index contributed by atoms with van der Waals surface area (Å²) in [4.78, 5) is 67.3. The van der Waals surface area contributed by atoms with Crippen molar-refractivity contribution in [3.8, 4) is 11.1 Å². The highest BCUT2D eigenvalue weighted by Gasteiger charge is 2.36. The maximum absolute atomic E-state index is 14.5. The molecule has 3 aromatic carbocycles. The van der Waals surface area contributed by atoms with Crippen molar-refractivity contribution in [2.24, 2.45) is 17.6 Å². The van der Waals surface area contributed by atoms with E-state index in [1.165, 1.54) is 4.90 Å². The Balaban J connectivity index is 1.23. The van der Waals surface area contributed by atoms with E-state index in [9.17, 15) is 19.2 Å². The summed E-state index contributed by atoms with van der Waals surface area (Å²) in [5.41, 5.74) is 12.7. The molecule has 0 saturated heterocycles. The van der Waals surface area contributed by atoms with Crippen LogP contribution in [0.25, 0.3) is 33.2 Å². The van der Waals surface area contributed by atoms with Crippen molar-refractivity contribution in [2.45, 2.75) is 91.2 Å². The van der Waals surface area contributed by atoms with Crippen LogP contribution in [0.1, 0.15) is 83.2 Å². The molecule has 1 aliphatic rings. The molecule has 0 bridgehead atoms. The number of nitrogens with two attached hydrogens (primary N) is 1. The molecule has 12 nitrogen and oxygen atoms in total. The number of alkyl carbamates (subject to hydrolysis) is 1. The summed E-state index contributed by atoms with van der Waals surface area (Å²) in [6.07, 6.45) is 2.40. The number of aromatic nitrogens is 4. The van der Waals surface area contributed by atoms with E-state index in [1.807, 2.05) is 45.0 Å². The molecule has 52 heavy (non-hydrogen) atoms. The van der Waals surface area contributed by atoms with E-state index < -0.39 is 23.6 Å². The van der Waals surface area contributed by atoms with Crippen LogP contribution >= 0.6 is 0 Å². The zero-order chi connectivity index (χ0) is 37.3. The molecule has 2 heterocycles. The van der Waals surface area contributed by atoms with Crippen molar-refractivity contribution in [3.05, 3.63) is 82.0 Å². The first-order valence-electron chi connectivity index (χ1n) is 18.1. The number of ether oxygens (including phenoxy) is 1. The second-order valence-corrected chi connectivity index (χ2v) is 15.4. The fourth-order valence-corrected chi connectivity index (χ4v) is 7.12. The molecular formula is C40H49N7O5. The van der Waals surface area contributed by atoms with Crippen molar-refractivity contribution in [3.63, 3.8) is 0 Å². The zero-order valence-corrected chi connectivity index (χ0v) is 30.8. The summed E-state index contributed by atoms with van der Waals surface area (Å²) in [6.45, 7) is 12.2. The molecule has 6 N–H and O–H groups in total. The Bertz CT molecular complexity index is 2150. The van der Waals surface area contributed by atoms with Crippen LogP contribution in [0.2, 0.25) is 0 Å². The first-order chi connectivity index (χ1) is 24.6. The number of benzene rings is 3. The van der Waals surface area contributed by atoms with E-state index >= 15 is 0 Å². The first kappa shape index (κ1) is 36.4. The van der Waals surface area contributed by atoms with E-state index in [2.05, 4.69) is 53.2 Å². The maximum atomic E-state index is 14.5. The lowest BCUT2D eigenvalue weighted by Gasteiger charge is -2.36. The number of nitrogens with zero attached hydrogens (tertiary/aromatic N) is 2. The molecule has 2 aromatic heterocycles. The standard InChI is InChI=1S/C40H49N7O5/c1-22(2)36-43-31-17-23(3)29(20-33(31)44-36)26-11-7-24(8-12-26)18-34(35(41)48)47(28-15-16-30-32(19-28)46-38(50)45-30)37(49)27-13-9-25(10-14-27)21-42-39(51)52-40(4,5)6/h7-8,11-12,15-17,19-20,22,25,27,34H,9-10,13-14,18,21H2,1-6H3,(H2,41,48)(H,42,51)(H,43,44)(H2,45,46,50)/t25-,27-,34-/m1/s1. The molecule has 1 saturated carbocycles. The highest BCUT2D eigenvalue weighted by atomic mass is 16.6. The largest absolute Gasteiger partial charge is 0.444 e. The molecule has 1 atom stereocenters. The molecule has 0 radical (unpaired) electrons. The van der Waals surface area contributed by atoms with Crippen molar-refractivity contribution in [1.29, 1.82) is 0 Å². The van der Waals surface area contributed by atoms with Crippen LogP contribution < -0.4 is 21.6 Å². The fraction of sp³-hybridized carbons (Fsp3) is 0.425. The van der Waals surface area contributed by atoms with Crippen LogP contribution in [-0.2, 0) is 20.7 Å². The molecule has 0 spiro atoms. The first-order valence-corrected chi connectivity index (χ1v) is 18.1. The Kier molecular flexibility index (Phi) is 10.3. The summed E-state index contributed by atoms with van der Waals surface area (Å²) in [7, 11) is 0. The van der Waals surface area contributed by atoms with Crippen LogP contribution in [0.4, 0.5) is 10.5 Å². The minimum atomic E-state index is -0.982. The normalized spacial score (nSPS) is 17.0. The molecule has 6 rings (SSSR count). The smallest absolute Gasteiger partial charge is 0.407 e. The van der Waals surface area contributed by atoms with Gasteiger partial charge in [0.15, 0.2) is 0 Å². The number of primary amides is 1. The molecule has 3 amide bonds. The summed E-state index contributed by atoms with van der Waals surface area (Å²) < 4.78 is 5.37. The number of rotatable bonds is 10. The Morgan fingerprint density at radius 2 is 1.63 bits per heavy atom. The van der Waals surface area contributed by atoms with Crippen LogP contribution in [-0.4, -0.2) is 56.0 Å². The Morgan fingerprint density at radius 3 is 2.29 bits per heavy atom. The Morgan fingerprint density at radius 1 is 0.942 bits per heavy atom. The molecule has 1 fully saturated rings. The van der Waals surface area contributed by atoms with Crippen molar-refractivity contribution in [2.75, 3.05) is 11.4 Å². The van der Waals surface area contributed by atoms with E-state index in [1.54, 1.807) is 18.2 Å². The molecule has 1 aliphatic carbocycles. The minimum Gasteiger partial charge on any atom is -0.444 e. The van der Waals surface area contributed by atoms with Crippen LogP contribution in [0, 0.1) is 18.8 Å². The lowest BCUT2D eigenvalue weighted by molar-refractivity contribution is -0.127. The van der Waals surface area contributed by atoms with Crippen molar-refractivity contribution < 1.29 is 19.1 Å². The third-order valence-electron chi connectivity index (χ3n) is 9.87. The van der Waals surface area contributed by atoms with Gasteiger partial charge in [-0.25, -0.2) is 14.6 Å². The average molecular weight is 708 g/mol. The van der Waals surface area contributed by atoms with E-state index in [0.29, 0.717) is 36.1 Å². The molecular weight excluding hydrogens is 658 g/mol. The number of hydrogen-bond acceptors (Lipinski definition) is 6. The number of aryl methyl sites for hydroxylation is 1. The number of hydrogen-bond donors (Lipinski definition) is 5. The second kappa shape index (κ2) is 14.7. The molecule has 0 aliphatic heterocycles. The second-order valence-electron chi connectivity index (χ2n) is 15.4. The van der Waals surface area contributed by atoms with E-state index in [4.69, 9.17) is 15.5 Å². The number of nitrogens with one attached hydrogen (secondary N) is 4. The topological polar surface area (TPSA) is 179 Å². The summed E-state index contributed by atoms with van der Waals surface area (Å²) in [6, 6.07) is 16.4. The molecule has 274 valence electrons. The van der Waals surface area contributed by atoms with Gasteiger partial charge in [0.2, 0.25) is 11.8 Å². The number of carbonyl (C=O) groups excluding carboxylic acids is 3. The van der Waals surface area contributed by atoms with E-state index in [0.717, 1.165) is 52.0 Å². The summed E-state index contributed by atoms with van der Waals surface area (Å²) in [5, 5.41) is 2.86. The predicted molar refractivity (Wildman–Crippen MR) is 203 cm³/mol. The maximum Gasteiger partial charge on any atom is 0.407 e. The number of H-pyrrole nitrogens is 3. The minimum absolute atomic E-state index is 0.195. The molecule has 0 unspecified atom stereocenters. The van der Waals surface area contributed by atoms with Crippen LogP contribution in [0.15, 0.2) is 59.4 Å². The van der Waals surface area contributed by atoms with Gasteiger partial charge in [0, 0.05) is 30.5 Å². The van der Waals surface area contributed by atoms with Crippen molar-refractivity contribution >= 4 is 45.7 Å². The van der Waals surface area contributed by atoms with Gasteiger partial charge >= 0.3 is 11.8 Å². The lowest BCUT2D eigenvalue weighted by atomic mass is 9.81. The average Bonchev–Trinajstić information content (AvgIpc) is 3.68. The van der Waals surface area contributed by atoms with Gasteiger partial charge in [0.25, 0.3) is 0 Å². The number of carbonyl (C=O) groups is 3. The van der Waals surface area contributed by atoms with Gasteiger partial charge in [-0.1, -0.05) is 38.1 Å². The van der Waals surface area contributed by atoms with Gasteiger partial charge in [-0.05, 0) is 112 Å². The number of imidazole rings is 2. The number of aromatic amines is 3. The van der Waals surface area contributed by atoms with Gasteiger partial charge in [0.1, 0.15) is 17.5 Å². The van der Waals surface area contributed by atoms with Gasteiger partial charge in [-0.3, -0.25) is 14.5 Å². The number of fused-ring (bicyclic) bond motifs is 2. The SMILES string of the molecule is Cc1cc2[nH]c(C(C)C)nc2cc1-c1ccc(C[C@H](C(N)=O)N(c2ccc3[nH]c(=O)[nH]c3c2)C(=O)[C@H]2CC[C@H](CNC(=O)OC(C)(C)C)CC2)cc1. The zero-order valence-electron chi connectivity index (χ0n) is 30.8. The summed E-state index contributed by atoms with van der Waals surface area (Å²) >= 11 is 0. The predicted octanol–water partition coefficient (Wildman–Crippen LogP) is 6.59. The van der Waals surface area contributed by atoms with Crippen LogP contribution in [0.3, 0.4) is 0 Å². The highest BCUT2D eigenvalue weighted by Crippen LogP contribution is 2.34. The van der Waals surface area contributed by atoms with Gasteiger partial charge in [0.05, 0.1) is 22.1 Å². The Hall–Kier alpha value is -5.39. The quantitative estimate of drug-likeness (QED) is 0.109. The number of amides is 3. The van der Waals surface area contributed by atoms with E-state index in [-0.39, 0.29) is 35.8 Å². The van der Waals surface area contributed by atoms with Crippen molar-refractivity contribution in [1.82, 2.24) is 25.3 Å². The monoisotopic (exact) mass is 707 g/mol. The lowest BCUT2D eigenvalue weighted by Crippen LogP contribution is -2.52. The number of anilines is 1.